The molecule has 7 heteroatoms. The maximum atomic E-state index is 12.1. The Morgan fingerprint density at radius 3 is 2.83 bits per heavy atom. The summed E-state index contributed by atoms with van der Waals surface area (Å²) < 4.78 is 36.2. The van der Waals surface area contributed by atoms with Crippen molar-refractivity contribution in [2.75, 3.05) is 19.6 Å². The van der Waals surface area contributed by atoms with Gasteiger partial charge in [0.05, 0.1) is 0 Å². The highest BCUT2D eigenvalue weighted by atomic mass is 35.5. The first kappa shape index (κ1) is 18.1. The summed E-state index contributed by atoms with van der Waals surface area (Å²) in [5.74, 6) is 0.0420. The van der Waals surface area contributed by atoms with E-state index in [9.17, 15) is 18.0 Å². The average molecular weight is 349 g/mol. The Morgan fingerprint density at radius 1 is 1.35 bits per heavy atom. The van der Waals surface area contributed by atoms with E-state index in [1.54, 1.807) is 11.0 Å². The first-order valence-corrected chi connectivity index (χ1v) is 8.03. The van der Waals surface area contributed by atoms with Gasteiger partial charge in [0.25, 0.3) is 0 Å². The normalized spacial score (nSPS) is 18.7. The standard InChI is InChI=1S/C16H20ClF3N2O/c17-13-4-1-3-12(9-13)5-8-22-11-14(10-15(22)23)21-7-2-6-16(18,19)20/h1,3-4,9,14,21H,2,5-8,10-11H2. The van der Waals surface area contributed by atoms with E-state index in [1.165, 1.54) is 0 Å². The molecule has 1 amide bonds. The van der Waals surface area contributed by atoms with Crippen molar-refractivity contribution in [2.24, 2.45) is 0 Å². The lowest BCUT2D eigenvalue weighted by Crippen LogP contribution is -2.34. The Hall–Kier alpha value is -1.27. The number of hydrogen-bond donors (Lipinski definition) is 1. The van der Waals surface area contributed by atoms with Gasteiger partial charge in [0.15, 0.2) is 0 Å². The number of carbonyl (C=O) groups is 1. The quantitative estimate of drug-likeness (QED) is 0.766. The summed E-state index contributed by atoms with van der Waals surface area (Å²) in [5, 5.41) is 3.70. The van der Waals surface area contributed by atoms with E-state index < -0.39 is 12.6 Å². The van der Waals surface area contributed by atoms with Crippen LogP contribution in [0.15, 0.2) is 24.3 Å². The fourth-order valence-corrected chi connectivity index (χ4v) is 2.89. The van der Waals surface area contributed by atoms with Crippen molar-refractivity contribution >= 4 is 17.5 Å². The number of nitrogens with zero attached hydrogens (tertiary/aromatic N) is 1. The Morgan fingerprint density at radius 2 is 2.13 bits per heavy atom. The van der Waals surface area contributed by atoms with Crippen LogP contribution in [0.3, 0.4) is 0 Å². The molecule has 0 bridgehead atoms. The molecule has 1 aliphatic heterocycles. The summed E-state index contributed by atoms with van der Waals surface area (Å²) >= 11 is 5.92. The molecule has 128 valence electrons. The molecular weight excluding hydrogens is 329 g/mol. The second kappa shape index (κ2) is 8.02. The minimum atomic E-state index is -4.11. The van der Waals surface area contributed by atoms with E-state index in [-0.39, 0.29) is 24.9 Å². The molecule has 0 aliphatic carbocycles. The maximum Gasteiger partial charge on any atom is 0.389 e. The molecule has 0 radical (unpaired) electrons. The first-order valence-electron chi connectivity index (χ1n) is 7.66. The van der Waals surface area contributed by atoms with Crippen molar-refractivity contribution in [1.29, 1.82) is 0 Å². The van der Waals surface area contributed by atoms with Gasteiger partial charge in [-0.2, -0.15) is 13.2 Å². The third-order valence-electron chi connectivity index (χ3n) is 3.84. The number of halogens is 4. The summed E-state index contributed by atoms with van der Waals surface area (Å²) in [4.78, 5) is 13.7. The largest absolute Gasteiger partial charge is 0.389 e. The molecular formula is C16H20ClF3N2O. The van der Waals surface area contributed by atoms with Gasteiger partial charge in [-0.25, -0.2) is 0 Å². The predicted molar refractivity (Wildman–Crippen MR) is 83.4 cm³/mol. The fraction of sp³-hybridized carbons (Fsp3) is 0.562. The minimum absolute atomic E-state index is 0.0384. The van der Waals surface area contributed by atoms with E-state index in [2.05, 4.69) is 5.32 Å². The number of benzene rings is 1. The zero-order chi connectivity index (χ0) is 16.9. The number of carbonyl (C=O) groups excluding carboxylic acids is 1. The number of nitrogens with one attached hydrogen (secondary N) is 1. The number of rotatable bonds is 7. The van der Waals surface area contributed by atoms with Crippen LogP contribution in [-0.2, 0) is 11.2 Å². The SMILES string of the molecule is O=C1CC(NCCCC(F)(F)F)CN1CCc1cccc(Cl)c1. The van der Waals surface area contributed by atoms with Crippen LogP contribution in [-0.4, -0.2) is 42.7 Å². The van der Waals surface area contributed by atoms with Crippen LogP contribution in [0.1, 0.15) is 24.8 Å². The zero-order valence-corrected chi connectivity index (χ0v) is 13.5. The summed E-state index contributed by atoms with van der Waals surface area (Å²) in [5.41, 5.74) is 1.06. The van der Waals surface area contributed by atoms with Crippen molar-refractivity contribution in [1.82, 2.24) is 10.2 Å². The summed E-state index contributed by atoms with van der Waals surface area (Å²) in [7, 11) is 0. The van der Waals surface area contributed by atoms with Crippen LogP contribution < -0.4 is 5.32 Å². The maximum absolute atomic E-state index is 12.1. The van der Waals surface area contributed by atoms with Crippen LogP contribution >= 0.6 is 11.6 Å². The summed E-state index contributed by atoms with van der Waals surface area (Å²) in [6, 6.07) is 7.44. The molecule has 1 atom stereocenters. The molecule has 3 nitrogen and oxygen atoms in total. The average Bonchev–Trinajstić information content (AvgIpc) is 2.81. The fourth-order valence-electron chi connectivity index (χ4n) is 2.68. The van der Waals surface area contributed by atoms with E-state index in [1.807, 2.05) is 18.2 Å². The molecule has 1 aliphatic rings. The molecule has 1 N–H and O–H groups in total. The van der Waals surface area contributed by atoms with E-state index >= 15 is 0 Å². The lowest BCUT2D eigenvalue weighted by Gasteiger charge is -2.17. The zero-order valence-electron chi connectivity index (χ0n) is 12.7. The van der Waals surface area contributed by atoms with Crippen LogP contribution in [0.5, 0.6) is 0 Å². The number of alkyl halides is 3. The third-order valence-corrected chi connectivity index (χ3v) is 4.08. The van der Waals surface area contributed by atoms with Gasteiger partial charge < -0.3 is 10.2 Å². The summed E-state index contributed by atoms with van der Waals surface area (Å²) in [6.07, 6.45) is -3.80. The van der Waals surface area contributed by atoms with Gasteiger partial charge in [-0.1, -0.05) is 23.7 Å². The number of likely N-dealkylation sites (tertiary alicyclic amines) is 1. The molecule has 1 unspecified atom stereocenters. The van der Waals surface area contributed by atoms with Gasteiger partial charge in [-0.05, 0) is 37.1 Å². The molecule has 1 fully saturated rings. The van der Waals surface area contributed by atoms with Gasteiger partial charge in [-0.15, -0.1) is 0 Å². The van der Waals surface area contributed by atoms with Crippen LogP contribution in [0, 0.1) is 0 Å². The Labute approximate surface area is 138 Å². The molecule has 0 saturated carbocycles. The van der Waals surface area contributed by atoms with Crippen LogP contribution in [0.25, 0.3) is 0 Å². The molecule has 1 saturated heterocycles. The molecule has 1 aromatic carbocycles. The second-order valence-electron chi connectivity index (χ2n) is 5.79. The Kier molecular flexibility index (Phi) is 6.30. The van der Waals surface area contributed by atoms with Crippen molar-refractivity contribution in [3.05, 3.63) is 34.9 Å². The smallest absolute Gasteiger partial charge is 0.341 e. The molecule has 1 aromatic rings. The van der Waals surface area contributed by atoms with Crippen LogP contribution in [0.2, 0.25) is 5.02 Å². The van der Waals surface area contributed by atoms with E-state index in [0.29, 0.717) is 31.0 Å². The van der Waals surface area contributed by atoms with Gasteiger partial charge in [0.1, 0.15) is 0 Å². The van der Waals surface area contributed by atoms with Gasteiger partial charge in [0, 0.05) is 37.0 Å². The van der Waals surface area contributed by atoms with Crippen molar-refractivity contribution in [3.63, 3.8) is 0 Å². The first-order chi connectivity index (χ1) is 10.8. The monoisotopic (exact) mass is 348 g/mol. The summed E-state index contributed by atoms with van der Waals surface area (Å²) in [6.45, 7) is 1.42. The molecule has 23 heavy (non-hydrogen) atoms. The third kappa shape index (κ3) is 6.39. The van der Waals surface area contributed by atoms with Gasteiger partial charge in [-0.3, -0.25) is 4.79 Å². The van der Waals surface area contributed by atoms with Gasteiger partial charge in [0.2, 0.25) is 5.91 Å². The van der Waals surface area contributed by atoms with Gasteiger partial charge >= 0.3 is 6.18 Å². The van der Waals surface area contributed by atoms with E-state index in [0.717, 1.165) is 5.56 Å². The lowest BCUT2D eigenvalue weighted by atomic mass is 10.1. The molecule has 0 aromatic heterocycles. The molecule has 2 rings (SSSR count). The predicted octanol–water partition coefficient (Wildman–Crippen LogP) is 3.42. The van der Waals surface area contributed by atoms with Crippen molar-refractivity contribution in [2.45, 2.75) is 37.9 Å². The topological polar surface area (TPSA) is 32.3 Å². The molecule has 0 spiro atoms. The number of amides is 1. The Bertz CT molecular complexity index is 536. The highest BCUT2D eigenvalue weighted by Gasteiger charge is 2.29. The van der Waals surface area contributed by atoms with E-state index in [4.69, 9.17) is 11.6 Å². The second-order valence-corrected chi connectivity index (χ2v) is 6.23. The highest BCUT2D eigenvalue weighted by molar-refractivity contribution is 6.30. The van der Waals surface area contributed by atoms with Crippen molar-refractivity contribution in [3.8, 4) is 0 Å². The van der Waals surface area contributed by atoms with Crippen LogP contribution in [0.4, 0.5) is 13.2 Å². The van der Waals surface area contributed by atoms with Crippen molar-refractivity contribution < 1.29 is 18.0 Å². The number of hydrogen-bond acceptors (Lipinski definition) is 2. The lowest BCUT2D eigenvalue weighted by molar-refractivity contribution is -0.135. The Balaban J connectivity index is 1.70. The molecule has 1 heterocycles. The highest BCUT2D eigenvalue weighted by Crippen LogP contribution is 2.21. The minimum Gasteiger partial charge on any atom is -0.341 e.